The molecule has 3 heterocycles. The van der Waals surface area contributed by atoms with Crippen molar-refractivity contribution in [1.29, 1.82) is 0 Å². The molecule has 1 aromatic rings. The number of nitrogens with zero attached hydrogens (tertiary/aromatic N) is 2. The van der Waals surface area contributed by atoms with E-state index >= 15 is 0 Å². The molecule has 2 saturated heterocycles. The predicted molar refractivity (Wildman–Crippen MR) is 64.6 cm³/mol. The summed E-state index contributed by atoms with van der Waals surface area (Å²) in [5.74, 6) is 0.638. The second-order valence-electron chi connectivity index (χ2n) is 5.27. The third kappa shape index (κ3) is 2.48. The van der Waals surface area contributed by atoms with Gasteiger partial charge < -0.3 is 10.1 Å². The first-order chi connectivity index (χ1) is 8.36. The van der Waals surface area contributed by atoms with Crippen molar-refractivity contribution in [2.75, 3.05) is 19.7 Å². The van der Waals surface area contributed by atoms with Crippen LogP contribution in [0.15, 0.2) is 18.7 Å². The van der Waals surface area contributed by atoms with E-state index in [9.17, 15) is 0 Å². The minimum atomic E-state index is 0.172. The molecule has 2 aliphatic rings. The lowest BCUT2D eigenvalue weighted by Gasteiger charge is -2.33. The highest BCUT2D eigenvalue weighted by molar-refractivity contribution is 5.05. The first kappa shape index (κ1) is 11.1. The third-order valence-corrected chi connectivity index (χ3v) is 3.94. The average molecular weight is 233 g/mol. The number of ether oxygens (including phenoxy) is 1. The quantitative estimate of drug-likeness (QED) is 0.833. The predicted octanol–water partition coefficient (Wildman–Crippen LogP) is 1.18. The summed E-state index contributed by atoms with van der Waals surface area (Å²) in [4.78, 5) is 8.14. The highest BCUT2D eigenvalue weighted by Crippen LogP contribution is 2.38. The number of hydrogen-bond acceptors (Lipinski definition) is 4. The molecule has 0 aromatic carbocycles. The molecule has 2 aliphatic heterocycles. The Balaban J connectivity index is 1.60. The maximum atomic E-state index is 6.09. The normalized spacial score (nSPS) is 27.4. The molecule has 17 heavy (non-hydrogen) atoms. The molecule has 0 bridgehead atoms. The molecule has 0 saturated carbocycles. The van der Waals surface area contributed by atoms with Crippen LogP contribution in [0.25, 0.3) is 0 Å². The van der Waals surface area contributed by atoms with Gasteiger partial charge in [0, 0.05) is 12.4 Å². The molecule has 3 rings (SSSR count). The van der Waals surface area contributed by atoms with E-state index in [1.165, 1.54) is 12.0 Å². The summed E-state index contributed by atoms with van der Waals surface area (Å²) in [6.45, 7) is 3.09. The Kier molecular flexibility index (Phi) is 3.07. The molecular weight excluding hydrogens is 214 g/mol. The Hall–Kier alpha value is -1.00. The number of rotatable bonds is 2. The van der Waals surface area contributed by atoms with E-state index in [4.69, 9.17) is 4.74 Å². The Bertz CT molecular complexity index is 362. The SMILES string of the molecule is c1ncc(CC2COC3(CCNCC3)C2)cn1. The molecule has 4 heteroatoms. The van der Waals surface area contributed by atoms with Crippen molar-refractivity contribution in [1.82, 2.24) is 15.3 Å². The number of nitrogens with one attached hydrogen (secondary N) is 1. The summed E-state index contributed by atoms with van der Waals surface area (Å²) in [5.41, 5.74) is 1.40. The van der Waals surface area contributed by atoms with Gasteiger partial charge in [0.05, 0.1) is 12.2 Å². The molecule has 1 spiro atoms. The molecule has 1 N–H and O–H groups in total. The summed E-state index contributed by atoms with van der Waals surface area (Å²) in [6, 6.07) is 0. The van der Waals surface area contributed by atoms with Crippen molar-refractivity contribution in [3.05, 3.63) is 24.3 Å². The van der Waals surface area contributed by atoms with Gasteiger partial charge in [0.15, 0.2) is 0 Å². The van der Waals surface area contributed by atoms with E-state index in [1.54, 1.807) is 6.33 Å². The monoisotopic (exact) mass is 233 g/mol. The maximum absolute atomic E-state index is 6.09. The summed E-state index contributed by atoms with van der Waals surface area (Å²) >= 11 is 0. The van der Waals surface area contributed by atoms with Gasteiger partial charge in [-0.05, 0) is 50.3 Å². The highest BCUT2D eigenvalue weighted by atomic mass is 16.5. The lowest BCUT2D eigenvalue weighted by atomic mass is 9.84. The fourth-order valence-electron chi connectivity index (χ4n) is 3.07. The molecule has 1 aromatic heterocycles. The van der Waals surface area contributed by atoms with Crippen LogP contribution in [0.3, 0.4) is 0 Å². The zero-order valence-corrected chi connectivity index (χ0v) is 10.1. The van der Waals surface area contributed by atoms with Crippen LogP contribution < -0.4 is 5.32 Å². The zero-order chi connectivity index (χ0) is 11.6. The molecule has 1 unspecified atom stereocenters. The fourth-order valence-corrected chi connectivity index (χ4v) is 3.07. The first-order valence-corrected chi connectivity index (χ1v) is 6.45. The van der Waals surface area contributed by atoms with Crippen molar-refractivity contribution >= 4 is 0 Å². The van der Waals surface area contributed by atoms with Crippen molar-refractivity contribution in [3.8, 4) is 0 Å². The van der Waals surface area contributed by atoms with Gasteiger partial charge in [0.2, 0.25) is 0 Å². The van der Waals surface area contributed by atoms with Crippen LogP contribution in [0.4, 0.5) is 0 Å². The van der Waals surface area contributed by atoms with Gasteiger partial charge in [-0.1, -0.05) is 0 Å². The van der Waals surface area contributed by atoms with E-state index in [0.29, 0.717) is 5.92 Å². The van der Waals surface area contributed by atoms with Crippen LogP contribution in [0.2, 0.25) is 0 Å². The van der Waals surface area contributed by atoms with E-state index < -0.39 is 0 Å². The van der Waals surface area contributed by atoms with Gasteiger partial charge in [0.1, 0.15) is 6.33 Å². The van der Waals surface area contributed by atoms with Gasteiger partial charge >= 0.3 is 0 Å². The zero-order valence-electron chi connectivity index (χ0n) is 10.1. The van der Waals surface area contributed by atoms with E-state index in [1.807, 2.05) is 12.4 Å². The molecule has 4 nitrogen and oxygen atoms in total. The lowest BCUT2D eigenvalue weighted by Crippen LogP contribution is -2.41. The number of hydrogen-bond donors (Lipinski definition) is 1. The summed E-state index contributed by atoms with van der Waals surface area (Å²) in [6.07, 6.45) is 9.99. The largest absolute Gasteiger partial charge is 0.375 e. The van der Waals surface area contributed by atoms with Gasteiger partial charge in [-0.2, -0.15) is 0 Å². The third-order valence-electron chi connectivity index (χ3n) is 3.94. The Morgan fingerprint density at radius 1 is 1.29 bits per heavy atom. The maximum Gasteiger partial charge on any atom is 0.115 e. The van der Waals surface area contributed by atoms with Gasteiger partial charge in [-0.3, -0.25) is 0 Å². The first-order valence-electron chi connectivity index (χ1n) is 6.45. The fraction of sp³-hybridized carbons (Fsp3) is 0.692. The van der Waals surface area contributed by atoms with Crippen LogP contribution in [-0.2, 0) is 11.2 Å². The molecule has 0 aliphatic carbocycles. The topological polar surface area (TPSA) is 47.0 Å². The Morgan fingerprint density at radius 3 is 2.82 bits per heavy atom. The van der Waals surface area contributed by atoms with Crippen LogP contribution in [0, 0.1) is 5.92 Å². The van der Waals surface area contributed by atoms with E-state index in [2.05, 4.69) is 15.3 Å². The van der Waals surface area contributed by atoms with E-state index in [0.717, 1.165) is 39.0 Å². The standard InChI is InChI=1S/C13H19N3O/c1-3-14-4-2-13(1)6-11(9-17-13)5-12-7-15-10-16-8-12/h7-8,10-11,14H,1-6,9H2. The van der Waals surface area contributed by atoms with Crippen LogP contribution in [0.5, 0.6) is 0 Å². The lowest BCUT2D eigenvalue weighted by molar-refractivity contribution is -0.0196. The van der Waals surface area contributed by atoms with Crippen molar-refractivity contribution in [3.63, 3.8) is 0 Å². The number of aromatic nitrogens is 2. The number of piperidine rings is 1. The Labute approximate surface area is 102 Å². The van der Waals surface area contributed by atoms with Crippen molar-refractivity contribution in [2.45, 2.75) is 31.3 Å². The minimum Gasteiger partial charge on any atom is -0.375 e. The molecule has 92 valence electrons. The van der Waals surface area contributed by atoms with Crippen molar-refractivity contribution < 1.29 is 4.74 Å². The van der Waals surface area contributed by atoms with E-state index in [-0.39, 0.29) is 5.60 Å². The summed E-state index contributed by atoms with van der Waals surface area (Å²) in [5, 5.41) is 3.40. The molecule has 2 fully saturated rings. The molecular formula is C13H19N3O. The van der Waals surface area contributed by atoms with Gasteiger partial charge in [0.25, 0.3) is 0 Å². The second kappa shape index (κ2) is 4.70. The Morgan fingerprint density at radius 2 is 2.06 bits per heavy atom. The molecule has 1 atom stereocenters. The van der Waals surface area contributed by atoms with Crippen LogP contribution >= 0.6 is 0 Å². The van der Waals surface area contributed by atoms with Gasteiger partial charge in [-0.15, -0.1) is 0 Å². The summed E-state index contributed by atoms with van der Waals surface area (Å²) < 4.78 is 6.09. The molecule has 0 radical (unpaired) electrons. The minimum absolute atomic E-state index is 0.172. The van der Waals surface area contributed by atoms with Gasteiger partial charge in [-0.25, -0.2) is 9.97 Å². The second-order valence-corrected chi connectivity index (χ2v) is 5.27. The average Bonchev–Trinajstić information content (AvgIpc) is 2.74. The summed E-state index contributed by atoms with van der Waals surface area (Å²) in [7, 11) is 0. The highest BCUT2D eigenvalue weighted by Gasteiger charge is 2.40. The van der Waals surface area contributed by atoms with Crippen molar-refractivity contribution in [2.24, 2.45) is 5.92 Å². The van der Waals surface area contributed by atoms with Crippen LogP contribution in [0.1, 0.15) is 24.8 Å². The molecule has 0 amide bonds. The smallest absolute Gasteiger partial charge is 0.115 e. The van der Waals surface area contributed by atoms with Crippen LogP contribution in [-0.4, -0.2) is 35.3 Å².